The first-order chi connectivity index (χ1) is 12.8. The van der Waals surface area contributed by atoms with E-state index in [0.717, 1.165) is 24.8 Å². The number of nitrogens with zero attached hydrogens (tertiary/aromatic N) is 1. The Kier molecular flexibility index (Phi) is 9.34. The zero-order chi connectivity index (χ0) is 20.3. The maximum Gasteiger partial charge on any atom is 0.415 e. The Bertz CT molecular complexity index is 644. The average molecular weight is 373 g/mol. The Morgan fingerprint density at radius 2 is 1.81 bits per heavy atom. The molecule has 0 saturated heterocycles. The monoisotopic (exact) mass is 373 g/mol. The first kappa shape index (κ1) is 22.5. The maximum atomic E-state index is 12.7. The first-order valence-electron chi connectivity index (χ1n) is 9.22. The van der Waals surface area contributed by atoms with Gasteiger partial charge >= 0.3 is 12.1 Å². The van der Waals surface area contributed by atoms with Crippen LogP contribution in [0.2, 0.25) is 0 Å². The quantitative estimate of drug-likeness (QED) is 0.268. The fourth-order valence-electron chi connectivity index (χ4n) is 2.42. The number of ether oxygens (including phenoxy) is 2. The van der Waals surface area contributed by atoms with Crippen LogP contribution >= 0.6 is 0 Å². The highest BCUT2D eigenvalue weighted by molar-refractivity contribution is 5.92. The van der Waals surface area contributed by atoms with Gasteiger partial charge in [0.2, 0.25) is 0 Å². The number of carbonyl (C=O) groups is 2. The van der Waals surface area contributed by atoms with E-state index in [2.05, 4.69) is 6.58 Å². The van der Waals surface area contributed by atoms with Crippen molar-refractivity contribution < 1.29 is 19.1 Å². The van der Waals surface area contributed by atoms with Gasteiger partial charge in [-0.15, -0.1) is 6.58 Å². The van der Waals surface area contributed by atoms with Crippen LogP contribution in [-0.4, -0.2) is 36.2 Å². The van der Waals surface area contributed by atoms with E-state index in [1.54, 1.807) is 26.8 Å². The molecule has 0 spiro atoms. The van der Waals surface area contributed by atoms with E-state index in [1.165, 1.54) is 12.0 Å². The summed E-state index contributed by atoms with van der Waals surface area (Å²) in [4.78, 5) is 26.5. The van der Waals surface area contributed by atoms with Crippen molar-refractivity contribution in [3.05, 3.63) is 60.3 Å². The molecule has 0 aliphatic heterocycles. The average Bonchev–Trinajstić information content (AvgIpc) is 2.62. The molecule has 0 aliphatic rings. The predicted molar refractivity (Wildman–Crippen MR) is 107 cm³/mol. The van der Waals surface area contributed by atoms with Gasteiger partial charge < -0.3 is 9.47 Å². The molecule has 1 aromatic carbocycles. The number of methoxy groups -OCH3 is 1. The van der Waals surface area contributed by atoms with Gasteiger partial charge in [0.1, 0.15) is 11.3 Å². The molecule has 5 heteroatoms. The summed E-state index contributed by atoms with van der Waals surface area (Å²) in [5.41, 5.74) is 0.584. The Morgan fingerprint density at radius 1 is 1.15 bits per heavy atom. The molecule has 27 heavy (non-hydrogen) atoms. The summed E-state index contributed by atoms with van der Waals surface area (Å²) in [7, 11) is 1.31. The van der Waals surface area contributed by atoms with E-state index in [0.29, 0.717) is 13.0 Å². The molecule has 0 fully saturated rings. The molecule has 148 valence electrons. The highest BCUT2D eigenvalue weighted by atomic mass is 16.6. The fraction of sp³-hybridized carbons (Fsp3) is 0.455. The van der Waals surface area contributed by atoms with Crippen LogP contribution in [0, 0.1) is 0 Å². The second-order valence-corrected chi connectivity index (χ2v) is 7.19. The normalized spacial score (nSPS) is 11.6. The number of hydrogen-bond donors (Lipinski definition) is 0. The van der Waals surface area contributed by atoms with Gasteiger partial charge in [-0.25, -0.2) is 9.59 Å². The van der Waals surface area contributed by atoms with E-state index in [1.807, 2.05) is 36.4 Å². The van der Waals surface area contributed by atoms with Gasteiger partial charge in [0, 0.05) is 6.54 Å². The number of carbonyl (C=O) groups excluding carboxylic acids is 2. The standard InChI is InChI=1S/C22H31NO4/c1-6-7-8-12-17-23(21(25)27-22(2,3)4)19(20(24)26-5)16-15-18-13-10-9-11-14-18/h6,9-11,13-14,16H,1,7-8,12,15,17H2,2-5H3/b19-16+. The van der Waals surface area contributed by atoms with Crippen molar-refractivity contribution in [2.45, 2.75) is 52.1 Å². The smallest absolute Gasteiger partial charge is 0.415 e. The van der Waals surface area contributed by atoms with Crippen molar-refractivity contribution in [3.8, 4) is 0 Å². The summed E-state index contributed by atoms with van der Waals surface area (Å²) < 4.78 is 10.4. The van der Waals surface area contributed by atoms with Crippen LogP contribution in [0.25, 0.3) is 0 Å². The van der Waals surface area contributed by atoms with E-state index in [-0.39, 0.29) is 5.70 Å². The van der Waals surface area contributed by atoms with Crippen LogP contribution in [0.4, 0.5) is 4.79 Å². The van der Waals surface area contributed by atoms with E-state index >= 15 is 0 Å². The lowest BCUT2D eigenvalue weighted by molar-refractivity contribution is -0.138. The summed E-state index contributed by atoms with van der Waals surface area (Å²) in [6.45, 7) is 9.48. The number of benzene rings is 1. The third kappa shape index (κ3) is 8.58. The molecular weight excluding hydrogens is 342 g/mol. The zero-order valence-electron chi connectivity index (χ0n) is 16.9. The van der Waals surface area contributed by atoms with E-state index in [4.69, 9.17) is 9.47 Å². The number of unbranched alkanes of at least 4 members (excludes halogenated alkanes) is 2. The van der Waals surface area contributed by atoms with E-state index in [9.17, 15) is 9.59 Å². The van der Waals surface area contributed by atoms with Crippen molar-refractivity contribution in [1.82, 2.24) is 4.90 Å². The molecule has 0 bridgehead atoms. The molecule has 5 nitrogen and oxygen atoms in total. The third-order valence-electron chi connectivity index (χ3n) is 3.71. The summed E-state index contributed by atoms with van der Waals surface area (Å²) in [6.07, 6.45) is 5.97. The van der Waals surface area contributed by atoms with Crippen LogP contribution in [-0.2, 0) is 20.7 Å². The molecule has 1 aromatic rings. The molecule has 1 rings (SSSR count). The summed E-state index contributed by atoms with van der Waals surface area (Å²) >= 11 is 0. The largest absolute Gasteiger partial charge is 0.464 e. The zero-order valence-corrected chi connectivity index (χ0v) is 16.9. The van der Waals surface area contributed by atoms with Gasteiger partial charge in [0.05, 0.1) is 7.11 Å². The second-order valence-electron chi connectivity index (χ2n) is 7.19. The number of allylic oxidation sites excluding steroid dienone is 2. The Morgan fingerprint density at radius 3 is 2.37 bits per heavy atom. The number of esters is 1. The number of rotatable bonds is 9. The Balaban J connectivity index is 3.08. The summed E-state index contributed by atoms with van der Waals surface area (Å²) in [6, 6.07) is 9.73. The van der Waals surface area contributed by atoms with Gasteiger partial charge in [0.25, 0.3) is 0 Å². The first-order valence-corrected chi connectivity index (χ1v) is 9.22. The minimum atomic E-state index is -0.656. The number of amides is 1. The summed E-state index contributed by atoms with van der Waals surface area (Å²) in [5.74, 6) is -0.555. The lowest BCUT2D eigenvalue weighted by Gasteiger charge is -2.28. The van der Waals surface area contributed by atoms with Crippen LogP contribution < -0.4 is 0 Å². The lowest BCUT2D eigenvalue weighted by Crippen LogP contribution is -2.39. The SMILES string of the molecule is C=CCCCCN(C(=O)OC(C)(C)C)/C(=C/Cc1ccccc1)C(=O)OC. The molecule has 0 aromatic heterocycles. The summed E-state index contributed by atoms with van der Waals surface area (Å²) in [5, 5.41) is 0. The molecule has 0 unspecified atom stereocenters. The molecule has 1 amide bonds. The molecular formula is C22H31NO4. The molecule has 0 atom stereocenters. The second kappa shape index (κ2) is 11.2. The third-order valence-corrected chi connectivity index (χ3v) is 3.71. The van der Waals surface area contributed by atoms with Crippen molar-refractivity contribution in [2.24, 2.45) is 0 Å². The Labute approximate surface area is 162 Å². The molecule has 0 radical (unpaired) electrons. The molecule has 0 N–H and O–H groups in total. The Hall–Kier alpha value is -2.56. The molecule has 0 saturated carbocycles. The van der Waals surface area contributed by atoms with Crippen LogP contribution in [0.3, 0.4) is 0 Å². The predicted octanol–water partition coefficient (Wildman–Crippen LogP) is 4.88. The van der Waals surface area contributed by atoms with Gasteiger partial charge in [-0.1, -0.05) is 36.4 Å². The van der Waals surface area contributed by atoms with Gasteiger partial charge in [-0.2, -0.15) is 0 Å². The number of hydrogen-bond acceptors (Lipinski definition) is 4. The minimum Gasteiger partial charge on any atom is -0.464 e. The highest BCUT2D eigenvalue weighted by Crippen LogP contribution is 2.17. The van der Waals surface area contributed by atoms with Gasteiger partial charge in [-0.05, 0) is 58.1 Å². The lowest BCUT2D eigenvalue weighted by atomic mass is 10.1. The maximum absolute atomic E-state index is 12.7. The van der Waals surface area contributed by atoms with Gasteiger partial charge in [-0.3, -0.25) is 4.90 Å². The molecule has 0 heterocycles. The minimum absolute atomic E-state index is 0.203. The van der Waals surface area contributed by atoms with Crippen molar-refractivity contribution in [3.63, 3.8) is 0 Å². The van der Waals surface area contributed by atoms with Crippen LogP contribution in [0.1, 0.15) is 45.6 Å². The van der Waals surface area contributed by atoms with Crippen LogP contribution in [0.5, 0.6) is 0 Å². The van der Waals surface area contributed by atoms with Crippen molar-refractivity contribution >= 4 is 12.1 Å². The van der Waals surface area contributed by atoms with Gasteiger partial charge in [0.15, 0.2) is 0 Å². The topological polar surface area (TPSA) is 55.8 Å². The molecule has 0 aliphatic carbocycles. The highest BCUT2D eigenvalue weighted by Gasteiger charge is 2.28. The van der Waals surface area contributed by atoms with Crippen LogP contribution in [0.15, 0.2) is 54.8 Å². The van der Waals surface area contributed by atoms with Crippen molar-refractivity contribution in [2.75, 3.05) is 13.7 Å². The van der Waals surface area contributed by atoms with E-state index < -0.39 is 17.7 Å². The van der Waals surface area contributed by atoms with Crippen molar-refractivity contribution in [1.29, 1.82) is 0 Å². The fourth-order valence-corrected chi connectivity index (χ4v) is 2.42.